The third kappa shape index (κ3) is 22.7. The maximum absolute atomic E-state index is 11.9. The fourth-order valence-electron chi connectivity index (χ4n) is 5.07. The molecule has 1 saturated carbocycles. The van der Waals surface area contributed by atoms with E-state index in [2.05, 4.69) is 55.0 Å². The van der Waals surface area contributed by atoms with E-state index in [-0.39, 0.29) is 13.2 Å². The molecule has 0 radical (unpaired) electrons. The van der Waals surface area contributed by atoms with Crippen molar-refractivity contribution >= 4 is 12.8 Å². The highest BCUT2D eigenvalue weighted by molar-refractivity contribution is 5.88. The molecule has 0 bridgehead atoms. The number of allylic oxidation sites excluding steroid dienone is 10. The Morgan fingerprint density at radius 3 is 2.13 bits per heavy atom. The zero-order valence-electron chi connectivity index (χ0n) is 29.8. The number of nitrogens with one attached hydrogen (secondary N) is 2. The standard InChI is InChI=1S/C33H49NO5.C5H11N.CH2O/c1-5-6-8-12-28-17-19-30(20-18-28)29-13-9-7-10-15-31(25-32(16-11-14-29)37-22-21-36-4)38-23-24-39-33(35)27(2)26-34-3;1-5(2)4-6-3;1-2/h7,9-11,13-16,25,28,30,34H,2,5-6,8,12,17-24,26H2,1,3-4H3;6H,1,4H2,2-3H3;1H2/b9-7?,10-7+,13-9-,14-11?,15-10?,16-11+,29-13?,29-14+,31-15+,31-25?,32-16?,32-25+;;. The van der Waals surface area contributed by atoms with E-state index in [1.54, 1.807) is 14.2 Å². The molecule has 0 spiro atoms. The molecule has 8 heteroatoms. The Bertz CT molecular complexity index is 1060. The molecule has 2 aliphatic carbocycles. The van der Waals surface area contributed by atoms with Gasteiger partial charge < -0.3 is 34.4 Å². The highest BCUT2D eigenvalue weighted by Gasteiger charge is 2.22. The molecule has 264 valence electrons. The highest BCUT2D eigenvalue weighted by Crippen LogP contribution is 2.36. The van der Waals surface area contributed by atoms with E-state index in [4.69, 9.17) is 23.7 Å². The first kappa shape index (κ1) is 43.5. The van der Waals surface area contributed by atoms with Gasteiger partial charge >= 0.3 is 5.97 Å². The first-order valence-electron chi connectivity index (χ1n) is 16.8. The number of carbonyl (C=O) groups excluding carboxylic acids is 2. The summed E-state index contributed by atoms with van der Waals surface area (Å²) in [6.07, 6.45) is 28.8. The van der Waals surface area contributed by atoms with E-state index < -0.39 is 5.97 Å². The third-order valence-corrected chi connectivity index (χ3v) is 7.44. The van der Waals surface area contributed by atoms with Crippen LogP contribution < -0.4 is 10.6 Å². The minimum Gasteiger partial charge on any atom is -0.491 e. The average Bonchev–Trinajstić information content (AvgIpc) is 3.06. The molecule has 0 aromatic heterocycles. The Balaban J connectivity index is 0.00000237. The zero-order chi connectivity index (χ0) is 35.1. The SMILES string of the molecule is C=C(C)CNC.C=C(CNC)C(=O)OCCOC1=C/C=C/C=C\C(C2CCC(CCCCC)CC2)=C/C=C/C(OCCOC)=C\1.C=O. The molecule has 8 nitrogen and oxygen atoms in total. The lowest BCUT2D eigenvalue weighted by Gasteiger charge is -2.29. The summed E-state index contributed by atoms with van der Waals surface area (Å²) in [5, 5.41) is 5.85. The van der Waals surface area contributed by atoms with Crippen LogP contribution in [0.3, 0.4) is 0 Å². The summed E-state index contributed by atoms with van der Waals surface area (Å²) in [5.41, 5.74) is 2.92. The van der Waals surface area contributed by atoms with Crippen LogP contribution in [0.25, 0.3) is 0 Å². The molecule has 1 fully saturated rings. The van der Waals surface area contributed by atoms with Gasteiger partial charge in [0.05, 0.1) is 6.61 Å². The Hall–Kier alpha value is -3.46. The van der Waals surface area contributed by atoms with Crippen LogP contribution in [0.1, 0.15) is 65.2 Å². The fourth-order valence-corrected chi connectivity index (χ4v) is 5.07. The van der Waals surface area contributed by atoms with Gasteiger partial charge in [0.1, 0.15) is 38.1 Å². The molecule has 2 rings (SSSR count). The van der Waals surface area contributed by atoms with E-state index in [1.165, 1.54) is 62.5 Å². The van der Waals surface area contributed by atoms with Crippen LogP contribution in [-0.2, 0) is 28.5 Å². The van der Waals surface area contributed by atoms with Crippen LogP contribution in [0.15, 0.2) is 96.1 Å². The lowest BCUT2D eigenvalue weighted by Crippen LogP contribution is -2.19. The fraction of sp³-hybridized carbons (Fsp3) is 0.538. The summed E-state index contributed by atoms with van der Waals surface area (Å²) in [7, 11) is 5.32. The first-order valence-corrected chi connectivity index (χ1v) is 16.8. The summed E-state index contributed by atoms with van der Waals surface area (Å²) in [4.78, 5) is 19.9. The molecule has 2 N–H and O–H groups in total. The Kier molecular flexibility index (Phi) is 27.7. The van der Waals surface area contributed by atoms with Gasteiger partial charge in [-0.1, -0.05) is 87.8 Å². The molecule has 0 aromatic rings. The van der Waals surface area contributed by atoms with Crippen molar-refractivity contribution in [2.24, 2.45) is 11.8 Å². The molecule has 2 aliphatic rings. The average molecular weight is 655 g/mol. The molecule has 47 heavy (non-hydrogen) atoms. The molecule has 0 saturated heterocycles. The number of methoxy groups -OCH3 is 1. The van der Waals surface area contributed by atoms with E-state index in [0.717, 1.165) is 12.5 Å². The molecule has 0 aliphatic heterocycles. The monoisotopic (exact) mass is 654 g/mol. The summed E-state index contributed by atoms with van der Waals surface area (Å²) in [6.45, 7) is 16.2. The van der Waals surface area contributed by atoms with Gasteiger partial charge in [0, 0.05) is 31.8 Å². The first-order chi connectivity index (χ1) is 22.8. The van der Waals surface area contributed by atoms with E-state index in [0.29, 0.717) is 42.8 Å². The predicted molar refractivity (Wildman–Crippen MR) is 195 cm³/mol. The Morgan fingerprint density at radius 1 is 0.830 bits per heavy atom. The number of ether oxygens (including phenoxy) is 4. The minimum absolute atomic E-state index is 0.124. The van der Waals surface area contributed by atoms with Gasteiger partial charge in [0.2, 0.25) is 0 Å². The van der Waals surface area contributed by atoms with Gasteiger partial charge in [-0.2, -0.15) is 0 Å². The summed E-state index contributed by atoms with van der Waals surface area (Å²) < 4.78 is 22.3. The van der Waals surface area contributed by atoms with Gasteiger partial charge in [-0.15, -0.1) is 0 Å². The van der Waals surface area contributed by atoms with Crippen molar-refractivity contribution in [3.8, 4) is 0 Å². The molecular formula is C39H62N2O6. The van der Waals surface area contributed by atoms with Crippen LogP contribution in [0.4, 0.5) is 0 Å². The van der Waals surface area contributed by atoms with Gasteiger partial charge in [-0.25, -0.2) is 4.79 Å². The number of esters is 1. The van der Waals surface area contributed by atoms with E-state index >= 15 is 0 Å². The van der Waals surface area contributed by atoms with Crippen molar-refractivity contribution in [3.05, 3.63) is 96.1 Å². The number of hydrogen-bond donors (Lipinski definition) is 2. The van der Waals surface area contributed by atoms with Crippen LogP contribution >= 0.6 is 0 Å². The van der Waals surface area contributed by atoms with Crippen molar-refractivity contribution in [3.63, 3.8) is 0 Å². The quantitative estimate of drug-likeness (QED) is 0.0686. The second-order valence-corrected chi connectivity index (χ2v) is 11.5. The van der Waals surface area contributed by atoms with Crippen molar-refractivity contribution in [2.75, 3.05) is 60.7 Å². The largest absolute Gasteiger partial charge is 0.491 e. The van der Waals surface area contributed by atoms with Crippen molar-refractivity contribution in [1.29, 1.82) is 0 Å². The number of unbranched alkanes of at least 4 members (excludes halogenated alkanes) is 2. The molecule has 0 unspecified atom stereocenters. The van der Waals surface area contributed by atoms with Crippen LogP contribution in [-0.4, -0.2) is 73.5 Å². The second kappa shape index (κ2) is 29.9. The maximum Gasteiger partial charge on any atom is 0.334 e. The second-order valence-electron chi connectivity index (χ2n) is 11.5. The van der Waals surface area contributed by atoms with Crippen molar-refractivity contribution < 1.29 is 28.5 Å². The van der Waals surface area contributed by atoms with Gasteiger partial charge in [0.25, 0.3) is 0 Å². The molecule has 0 amide bonds. The normalized spacial score (nSPS) is 22.9. The Labute approximate surface area is 285 Å². The van der Waals surface area contributed by atoms with Crippen LogP contribution in [0.5, 0.6) is 0 Å². The van der Waals surface area contributed by atoms with Gasteiger partial charge in [0.15, 0.2) is 0 Å². The number of rotatable bonds is 18. The molecule has 0 atom stereocenters. The van der Waals surface area contributed by atoms with Crippen LogP contribution in [0.2, 0.25) is 0 Å². The number of carbonyl (C=O) groups is 2. The van der Waals surface area contributed by atoms with Gasteiger partial charge in [-0.05, 0) is 76.3 Å². The maximum atomic E-state index is 11.9. The topological polar surface area (TPSA) is 95.1 Å². The van der Waals surface area contributed by atoms with Crippen LogP contribution in [0, 0.1) is 11.8 Å². The third-order valence-electron chi connectivity index (χ3n) is 7.44. The van der Waals surface area contributed by atoms with E-state index in [9.17, 15) is 4.79 Å². The summed E-state index contributed by atoms with van der Waals surface area (Å²) >= 11 is 0. The summed E-state index contributed by atoms with van der Waals surface area (Å²) in [6, 6.07) is 0. The predicted octanol–water partition coefficient (Wildman–Crippen LogP) is 7.34. The number of likely N-dealkylation sites (N-methyl/N-ethyl adjacent to an activating group) is 2. The summed E-state index contributed by atoms with van der Waals surface area (Å²) in [5.74, 6) is 2.33. The van der Waals surface area contributed by atoms with Crippen molar-refractivity contribution in [1.82, 2.24) is 10.6 Å². The highest BCUT2D eigenvalue weighted by atomic mass is 16.6. The molecular weight excluding hydrogens is 592 g/mol. The lowest BCUT2D eigenvalue weighted by atomic mass is 9.76. The molecule has 0 heterocycles. The lowest BCUT2D eigenvalue weighted by molar-refractivity contribution is -0.140. The Morgan fingerprint density at radius 2 is 1.51 bits per heavy atom. The minimum atomic E-state index is -0.430. The smallest absolute Gasteiger partial charge is 0.334 e. The zero-order valence-corrected chi connectivity index (χ0v) is 29.8. The van der Waals surface area contributed by atoms with Crippen molar-refractivity contribution in [2.45, 2.75) is 65.2 Å². The van der Waals surface area contributed by atoms with E-state index in [1.807, 2.05) is 51.1 Å². The molecule has 0 aromatic carbocycles. The number of hydrogen-bond acceptors (Lipinski definition) is 8. The van der Waals surface area contributed by atoms with Gasteiger partial charge in [-0.3, -0.25) is 0 Å².